The van der Waals surface area contributed by atoms with Crippen LogP contribution in [0.1, 0.15) is 34.1 Å². The summed E-state index contributed by atoms with van der Waals surface area (Å²) in [5.41, 5.74) is 0.117. The molecule has 7 heteroatoms. The van der Waals surface area contributed by atoms with Crippen LogP contribution in [0.2, 0.25) is 0 Å². The van der Waals surface area contributed by atoms with Gasteiger partial charge in [-0.15, -0.1) is 0 Å². The number of carbonyl (C=O) groups is 1. The fourth-order valence-corrected chi connectivity index (χ4v) is 1.91. The Labute approximate surface area is 119 Å². The third kappa shape index (κ3) is 2.88. The molecule has 20 heavy (non-hydrogen) atoms. The number of ether oxygens (including phenoxy) is 1. The van der Waals surface area contributed by atoms with Crippen LogP contribution in [0.4, 0.5) is 0 Å². The molecule has 0 aliphatic carbocycles. The molecule has 110 valence electrons. The van der Waals surface area contributed by atoms with E-state index in [1.165, 1.54) is 7.11 Å². The van der Waals surface area contributed by atoms with Gasteiger partial charge >= 0.3 is 13.1 Å². The SMILES string of the molecule is COC(=O)CCn1cc(B2OC(C)(C)C(C)(C)O2)cn1. The number of hydrogen-bond donors (Lipinski definition) is 0. The second kappa shape index (κ2) is 5.22. The number of aromatic nitrogens is 2. The molecule has 0 spiro atoms. The highest BCUT2D eigenvalue weighted by Crippen LogP contribution is 2.36. The summed E-state index contributed by atoms with van der Waals surface area (Å²) in [6.07, 6.45) is 3.84. The van der Waals surface area contributed by atoms with E-state index in [4.69, 9.17) is 9.31 Å². The van der Waals surface area contributed by atoms with Gasteiger partial charge in [0.2, 0.25) is 0 Å². The van der Waals surface area contributed by atoms with E-state index in [0.29, 0.717) is 13.0 Å². The maximum Gasteiger partial charge on any atom is 0.498 e. The van der Waals surface area contributed by atoms with E-state index in [2.05, 4.69) is 9.84 Å². The Morgan fingerprint density at radius 3 is 2.50 bits per heavy atom. The van der Waals surface area contributed by atoms with E-state index in [0.717, 1.165) is 5.46 Å². The standard InChI is InChI=1S/C13H21BN2O4/c1-12(2)13(3,4)20-14(19-12)10-8-15-16(9-10)7-6-11(17)18-5/h8-9H,6-7H2,1-5H3. The Bertz CT molecular complexity index is 482. The molecule has 1 fully saturated rings. The summed E-state index contributed by atoms with van der Waals surface area (Å²) in [5.74, 6) is -0.252. The zero-order valence-corrected chi connectivity index (χ0v) is 12.7. The van der Waals surface area contributed by atoms with Crippen molar-refractivity contribution in [1.82, 2.24) is 9.78 Å². The van der Waals surface area contributed by atoms with Crippen molar-refractivity contribution in [2.75, 3.05) is 7.11 Å². The van der Waals surface area contributed by atoms with Gasteiger partial charge in [0.25, 0.3) is 0 Å². The predicted molar refractivity (Wildman–Crippen MR) is 74.6 cm³/mol. The number of esters is 1. The van der Waals surface area contributed by atoms with E-state index in [-0.39, 0.29) is 17.2 Å². The van der Waals surface area contributed by atoms with E-state index < -0.39 is 7.12 Å². The minimum absolute atomic E-state index is 0.252. The molecule has 0 atom stereocenters. The number of aryl methyl sites for hydroxylation is 1. The molecule has 6 nitrogen and oxygen atoms in total. The van der Waals surface area contributed by atoms with Gasteiger partial charge < -0.3 is 14.0 Å². The van der Waals surface area contributed by atoms with E-state index >= 15 is 0 Å². The molecule has 1 aliphatic rings. The van der Waals surface area contributed by atoms with E-state index in [1.807, 2.05) is 33.9 Å². The van der Waals surface area contributed by atoms with Gasteiger partial charge in [0.1, 0.15) is 0 Å². The lowest BCUT2D eigenvalue weighted by Crippen LogP contribution is -2.41. The molecule has 0 amide bonds. The zero-order chi connectivity index (χ0) is 15.0. The second-order valence-electron chi connectivity index (χ2n) is 5.95. The van der Waals surface area contributed by atoms with Crippen LogP contribution >= 0.6 is 0 Å². The van der Waals surface area contributed by atoms with Crippen molar-refractivity contribution in [2.45, 2.75) is 51.9 Å². The van der Waals surface area contributed by atoms with Gasteiger partial charge in [-0.25, -0.2) is 0 Å². The lowest BCUT2D eigenvalue weighted by Gasteiger charge is -2.32. The molecule has 2 rings (SSSR count). The molecule has 0 saturated carbocycles. The van der Waals surface area contributed by atoms with Crippen LogP contribution in [0, 0.1) is 0 Å². The average molecular weight is 280 g/mol. The van der Waals surface area contributed by atoms with Crippen molar-refractivity contribution in [2.24, 2.45) is 0 Å². The highest BCUT2D eigenvalue weighted by molar-refractivity contribution is 6.61. The van der Waals surface area contributed by atoms with Crippen molar-refractivity contribution in [1.29, 1.82) is 0 Å². The minimum atomic E-state index is -0.424. The molecule has 0 aromatic carbocycles. The first-order valence-electron chi connectivity index (χ1n) is 6.70. The van der Waals surface area contributed by atoms with Crippen LogP contribution < -0.4 is 5.46 Å². The van der Waals surface area contributed by atoms with Crippen LogP contribution in [0.15, 0.2) is 12.4 Å². The topological polar surface area (TPSA) is 62.6 Å². The van der Waals surface area contributed by atoms with Crippen LogP contribution in [0.5, 0.6) is 0 Å². The quantitative estimate of drug-likeness (QED) is 0.601. The van der Waals surface area contributed by atoms with Gasteiger partial charge in [-0.2, -0.15) is 5.10 Å². The summed E-state index contributed by atoms with van der Waals surface area (Å²) in [4.78, 5) is 11.1. The largest absolute Gasteiger partial charge is 0.498 e. The molecule has 0 unspecified atom stereocenters. The van der Waals surface area contributed by atoms with Crippen LogP contribution in [-0.4, -0.2) is 41.2 Å². The van der Waals surface area contributed by atoms with Crippen molar-refractivity contribution in [3.63, 3.8) is 0 Å². The smallest absolute Gasteiger partial charge is 0.469 e. The van der Waals surface area contributed by atoms with Crippen molar-refractivity contribution in [3.8, 4) is 0 Å². The van der Waals surface area contributed by atoms with Crippen molar-refractivity contribution in [3.05, 3.63) is 12.4 Å². The van der Waals surface area contributed by atoms with E-state index in [1.54, 1.807) is 10.9 Å². The van der Waals surface area contributed by atoms with Gasteiger partial charge in [-0.3, -0.25) is 9.48 Å². The first-order chi connectivity index (χ1) is 9.25. The molecule has 1 aromatic rings. The highest BCUT2D eigenvalue weighted by atomic mass is 16.7. The normalized spacial score (nSPS) is 20.1. The molecule has 1 aromatic heterocycles. The Morgan fingerprint density at radius 2 is 1.95 bits per heavy atom. The fraction of sp³-hybridized carbons (Fsp3) is 0.692. The van der Waals surface area contributed by atoms with Crippen molar-refractivity contribution >= 4 is 18.6 Å². The molecule has 1 saturated heterocycles. The third-order valence-corrected chi connectivity index (χ3v) is 3.95. The van der Waals surface area contributed by atoms with Gasteiger partial charge in [0.15, 0.2) is 0 Å². The monoisotopic (exact) mass is 280 g/mol. The van der Waals surface area contributed by atoms with Gasteiger partial charge in [-0.1, -0.05) is 0 Å². The summed E-state index contributed by atoms with van der Waals surface area (Å²) in [7, 11) is 0.952. The molecule has 2 heterocycles. The summed E-state index contributed by atoms with van der Waals surface area (Å²) < 4.78 is 18.2. The molecule has 1 aliphatic heterocycles. The summed E-state index contributed by atoms with van der Waals surface area (Å²) in [6.45, 7) is 8.51. The maximum absolute atomic E-state index is 11.1. The lowest BCUT2D eigenvalue weighted by atomic mass is 9.82. The fourth-order valence-electron chi connectivity index (χ4n) is 1.91. The number of nitrogens with zero attached hydrogens (tertiary/aromatic N) is 2. The lowest BCUT2D eigenvalue weighted by molar-refractivity contribution is -0.140. The predicted octanol–water partition coefficient (Wildman–Crippen LogP) is 0.745. The Kier molecular flexibility index (Phi) is 3.93. The van der Waals surface area contributed by atoms with Crippen LogP contribution in [-0.2, 0) is 25.4 Å². The van der Waals surface area contributed by atoms with Crippen molar-refractivity contribution < 1.29 is 18.8 Å². The minimum Gasteiger partial charge on any atom is -0.469 e. The van der Waals surface area contributed by atoms with Gasteiger partial charge in [-0.05, 0) is 27.7 Å². The Hall–Kier alpha value is -1.34. The molecule has 0 bridgehead atoms. The van der Waals surface area contributed by atoms with Crippen LogP contribution in [0.3, 0.4) is 0 Å². The molecular weight excluding hydrogens is 259 g/mol. The third-order valence-electron chi connectivity index (χ3n) is 3.95. The summed E-state index contributed by atoms with van der Waals surface area (Å²) in [6, 6.07) is 0. The first kappa shape index (κ1) is 15.1. The molecular formula is C13H21BN2O4. The molecule has 0 N–H and O–H groups in total. The number of carbonyl (C=O) groups excluding carboxylic acids is 1. The summed E-state index contributed by atoms with van der Waals surface area (Å²) in [5, 5.41) is 4.21. The van der Waals surface area contributed by atoms with Gasteiger partial charge in [0.05, 0.1) is 31.3 Å². The highest BCUT2D eigenvalue weighted by Gasteiger charge is 2.52. The van der Waals surface area contributed by atoms with Crippen LogP contribution in [0.25, 0.3) is 0 Å². The Morgan fingerprint density at radius 1 is 1.35 bits per heavy atom. The molecule has 0 radical (unpaired) electrons. The van der Waals surface area contributed by atoms with E-state index in [9.17, 15) is 4.79 Å². The average Bonchev–Trinajstić information content (AvgIpc) is 2.90. The number of hydrogen-bond acceptors (Lipinski definition) is 5. The Balaban J connectivity index is 2.02. The maximum atomic E-state index is 11.1. The van der Waals surface area contributed by atoms with Gasteiger partial charge in [0, 0.05) is 17.9 Å². The second-order valence-corrected chi connectivity index (χ2v) is 5.95. The number of rotatable bonds is 4. The zero-order valence-electron chi connectivity index (χ0n) is 12.7. The first-order valence-corrected chi connectivity index (χ1v) is 6.70. The summed E-state index contributed by atoms with van der Waals surface area (Å²) >= 11 is 0. The number of methoxy groups -OCH3 is 1.